The molecule has 1 N–H and O–H groups in total. The van der Waals surface area contributed by atoms with Crippen molar-refractivity contribution >= 4 is 23.0 Å². The molecular weight excluding hydrogens is 338 g/mol. The van der Waals surface area contributed by atoms with Gasteiger partial charge in [0, 0.05) is 37.3 Å². The van der Waals surface area contributed by atoms with Gasteiger partial charge in [0.05, 0.1) is 11.8 Å². The highest BCUT2D eigenvalue weighted by Gasteiger charge is 2.29. The van der Waals surface area contributed by atoms with Crippen LogP contribution in [0.25, 0.3) is 0 Å². The van der Waals surface area contributed by atoms with E-state index in [4.69, 9.17) is 16.3 Å². The van der Waals surface area contributed by atoms with Gasteiger partial charge in [-0.1, -0.05) is 11.6 Å². The van der Waals surface area contributed by atoms with Gasteiger partial charge in [0.25, 0.3) is 0 Å². The highest BCUT2D eigenvalue weighted by atomic mass is 35.5. The minimum absolute atomic E-state index is 0.382. The Balaban J connectivity index is 1.53. The summed E-state index contributed by atoms with van der Waals surface area (Å²) in [6.07, 6.45) is 7.47. The zero-order chi connectivity index (χ0) is 17.8. The highest BCUT2D eigenvalue weighted by molar-refractivity contribution is 6.31. The largest absolute Gasteiger partial charge is 0.381 e. The Morgan fingerprint density at radius 3 is 2.44 bits per heavy atom. The first-order valence-corrected chi connectivity index (χ1v) is 9.65. The molecule has 0 bridgehead atoms. The summed E-state index contributed by atoms with van der Waals surface area (Å²) in [5.74, 6) is 0. The second-order valence-corrected chi connectivity index (χ2v) is 7.74. The van der Waals surface area contributed by atoms with Crippen LogP contribution in [0, 0.1) is 11.8 Å². The Hall–Kier alpha value is -1.17. The molecule has 1 aliphatic carbocycles. The lowest BCUT2D eigenvalue weighted by Crippen LogP contribution is -2.46. The van der Waals surface area contributed by atoms with Crippen molar-refractivity contribution in [1.29, 1.82) is 0 Å². The predicted octanol–water partition coefficient (Wildman–Crippen LogP) is 4.88. The van der Waals surface area contributed by atoms with E-state index < -0.39 is 0 Å². The molecule has 6 heteroatoms. The Kier molecular flexibility index (Phi) is 6.31. The van der Waals surface area contributed by atoms with E-state index in [0.717, 1.165) is 37.2 Å². The van der Waals surface area contributed by atoms with Gasteiger partial charge < -0.3 is 15.0 Å². The molecule has 0 radical (unpaired) electrons. The van der Waals surface area contributed by atoms with Crippen molar-refractivity contribution in [3.63, 3.8) is 0 Å². The molecule has 1 saturated heterocycles. The number of nitroso groups, excluding NO2 is 1. The number of piperidine rings is 1. The molecule has 138 valence electrons. The van der Waals surface area contributed by atoms with Crippen molar-refractivity contribution in [1.82, 2.24) is 4.90 Å². The number of ether oxygens (including phenoxy) is 1. The SMILES string of the molecule is CO[C@H]1CC[C@@H](N2CCC(Nc3cc(C)c(Cl)cc3N=O)CC2)CC1. The number of hydrogen-bond donors (Lipinski definition) is 1. The molecule has 1 aromatic rings. The lowest BCUT2D eigenvalue weighted by atomic mass is 9.90. The van der Waals surface area contributed by atoms with E-state index in [1.807, 2.05) is 20.1 Å². The number of likely N-dealkylation sites (tertiary alicyclic amines) is 1. The fourth-order valence-corrected chi connectivity index (χ4v) is 4.29. The average molecular weight is 366 g/mol. The summed E-state index contributed by atoms with van der Waals surface area (Å²) in [4.78, 5) is 13.7. The number of benzene rings is 1. The number of anilines is 1. The first-order chi connectivity index (χ1) is 12.1. The Morgan fingerprint density at radius 1 is 1.16 bits per heavy atom. The van der Waals surface area contributed by atoms with Gasteiger partial charge in [-0.15, -0.1) is 4.91 Å². The van der Waals surface area contributed by atoms with Gasteiger partial charge in [-0.2, -0.15) is 0 Å². The molecule has 1 aliphatic heterocycles. The minimum Gasteiger partial charge on any atom is -0.381 e. The molecule has 2 fully saturated rings. The standard InChI is InChI=1S/C19H28ClN3O2/c1-13-11-18(19(22-24)12-17(13)20)21-14-7-9-23(10-8-14)15-3-5-16(25-2)6-4-15/h11-12,14-16,21H,3-10H2,1-2H3/t15-,16+. The first-order valence-electron chi connectivity index (χ1n) is 9.27. The molecular formula is C19H28ClN3O2. The van der Waals surface area contributed by atoms with E-state index in [0.29, 0.717) is 28.9 Å². The van der Waals surface area contributed by atoms with Crippen molar-refractivity contribution in [2.45, 2.75) is 63.6 Å². The number of nitrogens with zero attached hydrogens (tertiary/aromatic N) is 2. The molecule has 0 aromatic heterocycles. The van der Waals surface area contributed by atoms with Crippen LogP contribution in [-0.4, -0.2) is 43.3 Å². The van der Waals surface area contributed by atoms with Crippen LogP contribution in [0.3, 0.4) is 0 Å². The molecule has 0 spiro atoms. The molecule has 0 unspecified atom stereocenters. The normalized spacial score (nSPS) is 25.7. The van der Waals surface area contributed by atoms with E-state index in [-0.39, 0.29) is 0 Å². The number of methoxy groups -OCH3 is 1. The second kappa shape index (κ2) is 8.47. The third kappa shape index (κ3) is 4.52. The van der Waals surface area contributed by atoms with Crippen molar-refractivity contribution < 1.29 is 4.74 Å². The summed E-state index contributed by atoms with van der Waals surface area (Å²) in [5.41, 5.74) is 2.16. The second-order valence-electron chi connectivity index (χ2n) is 7.33. The van der Waals surface area contributed by atoms with Gasteiger partial charge in [-0.05, 0) is 68.3 Å². The number of hydrogen-bond acceptors (Lipinski definition) is 5. The zero-order valence-corrected chi connectivity index (χ0v) is 15.9. The molecule has 1 heterocycles. The molecule has 0 amide bonds. The van der Waals surface area contributed by atoms with Crippen LogP contribution in [0.5, 0.6) is 0 Å². The number of halogens is 1. The maximum absolute atomic E-state index is 11.1. The van der Waals surface area contributed by atoms with Crippen LogP contribution in [0.15, 0.2) is 17.3 Å². The lowest BCUT2D eigenvalue weighted by Gasteiger charge is -2.41. The van der Waals surface area contributed by atoms with E-state index in [2.05, 4.69) is 15.4 Å². The third-order valence-electron chi connectivity index (χ3n) is 5.76. The quantitative estimate of drug-likeness (QED) is 0.755. The summed E-state index contributed by atoms with van der Waals surface area (Å²) in [6, 6.07) is 4.66. The van der Waals surface area contributed by atoms with Crippen LogP contribution >= 0.6 is 11.6 Å². The van der Waals surface area contributed by atoms with Crippen molar-refractivity contribution in [2.24, 2.45) is 5.18 Å². The summed E-state index contributed by atoms with van der Waals surface area (Å²) < 4.78 is 5.48. The first kappa shape index (κ1) is 18.6. The van der Waals surface area contributed by atoms with Crippen LogP contribution in [0.4, 0.5) is 11.4 Å². The number of nitrogens with one attached hydrogen (secondary N) is 1. The monoisotopic (exact) mass is 365 g/mol. The Morgan fingerprint density at radius 2 is 1.84 bits per heavy atom. The minimum atomic E-state index is 0.382. The number of rotatable bonds is 5. The maximum Gasteiger partial charge on any atom is 0.132 e. The molecule has 1 aromatic carbocycles. The smallest absolute Gasteiger partial charge is 0.132 e. The van der Waals surface area contributed by atoms with Gasteiger partial charge in [0.1, 0.15) is 5.69 Å². The van der Waals surface area contributed by atoms with Gasteiger partial charge in [-0.25, -0.2) is 0 Å². The summed E-state index contributed by atoms with van der Waals surface area (Å²) >= 11 is 6.09. The summed E-state index contributed by atoms with van der Waals surface area (Å²) in [6.45, 7) is 4.16. The highest BCUT2D eigenvalue weighted by Crippen LogP contribution is 2.33. The molecule has 0 atom stereocenters. The Labute approximate surface area is 155 Å². The van der Waals surface area contributed by atoms with Crippen LogP contribution in [0.1, 0.15) is 44.1 Å². The van der Waals surface area contributed by atoms with Crippen molar-refractivity contribution in [3.05, 3.63) is 27.6 Å². The molecule has 2 aliphatic rings. The topological polar surface area (TPSA) is 53.9 Å². The van der Waals surface area contributed by atoms with Gasteiger partial charge in [0.15, 0.2) is 0 Å². The average Bonchev–Trinajstić information content (AvgIpc) is 2.65. The molecule has 5 nitrogen and oxygen atoms in total. The Bertz CT molecular complexity index is 595. The van der Waals surface area contributed by atoms with Gasteiger partial charge in [0.2, 0.25) is 0 Å². The number of aryl methyl sites for hydroxylation is 1. The van der Waals surface area contributed by atoms with Crippen LogP contribution in [-0.2, 0) is 4.74 Å². The zero-order valence-electron chi connectivity index (χ0n) is 15.1. The van der Waals surface area contributed by atoms with Crippen LogP contribution in [0.2, 0.25) is 5.02 Å². The van der Waals surface area contributed by atoms with Crippen molar-refractivity contribution in [2.75, 3.05) is 25.5 Å². The summed E-state index contributed by atoms with van der Waals surface area (Å²) in [7, 11) is 1.82. The fourth-order valence-electron chi connectivity index (χ4n) is 4.14. The van der Waals surface area contributed by atoms with Gasteiger partial charge in [-0.3, -0.25) is 0 Å². The lowest BCUT2D eigenvalue weighted by molar-refractivity contribution is 0.0329. The van der Waals surface area contributed by atoms with Crippen LogP contribution < -0.4 is 5.32 Å². The third-order valence-corrected chi connectivity index (χ3v) is 6.17. The molecule has 3 rings (SSSR count). The van der Waals surface area contributed by atoms with E-state index in [1.165, 1.54) is 25.7 Å². The predicted molar refractivity (Wildman–Crippen MR) is 103 cm³/mol. The van der Waals surface area contributed by atoms with Crippen molar-refractivity contribution in [3.8, 4) is 0 Å². The summed E-state index contributed by atoms with van der Waals surface area (Å²) in [5, 5.41) is 7.22. The van der Waals surface area contributed by atoms with Gasteiger partial charge >= 0.3 is 0 Å². The van der Waals surface area contributed by atoms with E-state index in [9.17, 15) is 4.91 Å². The maximum atomic E-state index is 11.1. The van der Waals surface area contributed by atoms with E-state index in [1.54, 1.807) is 6.07 Å². The van der Waals surface area contributed by atoms with E-state index >= 15 is 0 Å². The fraction of sp³-hybridized carbons (Fsp3) is 0.684. The molecule has 1 saturated carbocycles. The molecule has 25 heavy (non-hydrogen) atoms.